The van der Waals surface area contributed by atoms with E-state index < -0.39 is 36.4 Å². The second kappa shape index (κ2) is 6.42. The highest BCUT2D eigenvalue weighted by Crippen LogP contribution is 2.38. The zero-order valence-electron chi connectivity index (χ0n) is 12.9. The molecule has 1 rings (SSSR count). The molecule has 1 heterocycles. The van der Waals surface area contributed by atoms with Gasteiger partial charge in [0.2, 0.25) is 0 Å². The number of amides is 1. The second-order valence-corrected chi connectivity index (χ2v) is 6.63. The van der Waals surface area contributed by atoms with Crippen LogP contribution in [0.25, 0.3) is 0 Å². The van der Waals surface area contributed by atoms with Crippen molar-refractivity contribution >= 4 is 6.09 Å². The van der Waals surface area contributed by atoms with Crippen LogP contribution in [0.3, 0.4) is 0 Å². The monoisotopic (exact) mass is 311 g/mol. The number of carboxylic acid groups (broad SMARTS) is 1. The first kappa shape index (κ1) is 18.1. The average molecular weight is 311 g/mol. The van der Waals surface area contributed by atoms with Gasteiger partial charge in [0.1, 0.15) is 6.61 Å². The van der Waals surface area contributed by atoms with E-state index in [4.69, 9.17) is 4.74 Å². The van der Waals surface area contributed by atoms with E-state index in [1.54, 1.807) is 0 Å². The first-order valence-corrected chi connectivity index (χ1v) is 7.15. The number of halogens is 3. The Morgan fingerprint density at radius 2 is 1.90 bits per heavy atom. The molecule has 1 N–H and O–H groups in total. The fourth-order valence-corrected chi connectivity index (χ4v) is 3.07. The molecule has 0 aromatic carbocycles. The Balaban J connectivity index is 3.04. The summed E-state index contributed by atoms with van der Waals surface area (Å²) in [6, 6.07) is -0.587. The van der Waals surface area contributed by atoms with Crippen LogP contribution in [0.2, 0.25) is 0 Å². The summed E-state index contributed by atoms with van der Waals surface area (Å²) in [5.74, 6) is -0.0628. The summed E-state index contributed by atoms with van der Waals surface area (Å²) >= 11 is 0. The molecule has 0 aromatic rings. The standard InChI is InChI=1S/C14H24F3NO3/c1-5-9-6-7-18(12(19)20)11(13(2,3)4)10(9)21-8-14(15,16)17/h9-11H,5-8H2,1-4H3,(H,19,20). The summed E-state index contributed by atoms with van der Waals surface area (Å²) in [6.07, 6.45) is -5.06. The van der Waals surface area contributed by atoms with Crippen molar-refractivity contribution < 1.29 is 27.8 Å². The van der Waals surface area contributed by atoms with Crippen LogP contribution in [0.15, 0.2) is 0 Å². The van der Waals surface area contributed by atoms with Crippen LogP contribution in [-0.2, 0) is 4.74 Å². The number of nitrogens with zero attached hydrogens (tertiary/aromatic N) is 1. The maximum atomic E-state index is 12.5. The highest BCUT2D eigenvalue weighted by Gasteiger charge is 2.47. The lowest BCUT2D eigenvalue weighted by Crippen LogP contribution is -2.60. The third kappa shape index (κ3) is 4.76. The van der Waals surface area contributed by atoms with Crippen molar-refractivity contribution in [3.63, 3.8) is 0 Å². The SMILES string of the molecule is CCC1CCN(C(=O)O)C(C(C)(C)C)C1OCC(F)(F)F. The van der Waals surface area contributed by atoms with Gasteiger partial charge in [-0.25, -0.2) is 4.79 Å². The fourth-order valence-electron chi connectivity index (χ4n) is 3.07. The minimum Gasteiger partial charge on any atom is -0.465 e. The lowest BCUT2D eigenvalue weighted by Gasteiger charge is -2.49. The predicted molar refractivity (Wildman–Crippen MR) is 72.2 cm³/mol. The van der Waals surface area contributed by atoms with E-state index in [0.29, 0.717) is 19.4 Å². The molecule has 3 unspecified atom stereocenters. The van der Waals surface area contributed by atoms with Crippen molar-refractivity contribution in [2.45, 2.75) is 58.9 Å². The molecule has 0 aliphatic carbocycles. The maximum Gasteiger partial charge on any atom is 0.411 e. The minimum absolute atomic E-state index is 0.0628. The van der Waals surface area contributed by atoms with E-state index in [1.807, 2.05) is 27.7 Å². The third-order valence-corrected chi connectivity index (χ3v) is 3.95. The van der Waals surface area contributed by atoms with Gasteiger partial charge in [-0.3, -0.25) is 0 Å². The van der Waals surface area contributed by atoms with Gasteiger partial charge in [-0.1, -0.05) is 34.1 Å². The normalized spacial score (nSPS) is 27.8. The number of hydrogen-bond acceptors (Lipinski definition) is 2. The Morgan fingerprint density at radius 1 is 1.33 bits per heavy atom. The highest BCUT2D eigenvalue weighted by molar-refractivity contribution is 5.66. The topological polar surface area (TPSA) is 49.8 Å². The molecule has 21 heavy (non-hydrogen) atoms. The lowest BCUT2D eigenvalue weighted by atomic mass is 9.74. The van der Waals surface area contributed by atoms with Crippen molar-refractivity contribution in [1.29, 1.82) is 0 Å². The molecule has 1 saturated heterocycles. The van der Waals surface area contributed by atoms with Gasteiger partial charge in [-0.2, -0.15) is 13.2 Å². The number of carbonyl (C=O) groups is 1. The van der Waals surface area contributed by atoms with E-state index in [0.717, 1.165) is 0 Å². The van der Waals surface area contributed by atoms with Gasteiger partial charge < -0.3 is 14.7 Å². The zero-order valence-corrected chi connectivity index (χ0v) is 12.9. The van der Waals surface area contributed by atoms with Crippen LogP contribution in [0, 0.1) is 11.3 Å². The molecule has 0 radical (unpaired) electrons. The summed E-state index contributed by atoms with van der Waals surface area (Å²) in [7, 11) is 0. The molecule has 0 saturated carbocycles. The molecule has 1 amide bonds. The van der Waals surface area contributed by atoms with Crippen molar-refractivity contribution in [1.82, 2.24) is 4.90 Å². The summed E-state index contributed by atoms with van der Waals surface area (Å²) < 4.78 is 42.5. The Bertz CT molecular complexity index is 365. The molecular weight excluding hydrogens is 287 g/mol. The molecule has 1 fully saturated rings. The Labute approximate surface area is 123 Å². The predicted octanol–water partition coefficient (Wildman–Crippen LogP) is 3.76. The van der Waals surface area contributed by atoms with E-state index in [2.05, 4.69) is 0 Å². The number of rotatable bonds is 3. The maximum absolute atomic E-state index is 12.5. The summed E-state index contributed by atoms with van der Waals surface area (Å²) in [5.41, 5.74) is -0.498. The molecule has 0 spiro atoms. The largest absolute Gasteiger partial charge is 0.465 e. The van der Waals surface area contributed by atoms with Crippen LogP contribution < -0.4 is 0 Å². The van der Waals surface area contributed by atoms with Gasteiger partial charge >= 0.3 is 12.3 Å². The van der Waals surface area contributed by atoms with Crippen molar-refractivity contribution in [3.05, 3.63) is 0 Å². The fraction of sp³-hybridized carbons (Fsp3) is 0.929. The quantitative estimate of drug-likeness (QED) is 0.863. The molecule has 7 heteroatoms. The highest BCUT2D eigenvalue weighted by atomic mass is 19.4. The summed E-state index contributed by atoms with van der Waals surface area (Å²) in [6.45, 7) is 6.38. The Kier molecular flexibility index (Phi) is 5.52. The van der Waals surface area contributed by atoms with Gasteiger partial charge in [0.25, 0.3) is 0 Å². The number of alkyl halides is 3. The molecular formula is C14H24F3NO3. The van der Waals surface area contributed by atoms with Gasteiger partial charge in [0, 0.05) is 6.54 Å². The molecule has 124 valence electrons. The lowest BCUT2D eigenvalue weighted by molar-refractivity contribution is -0.207. The van der Waals surface area contributed by atoms with Gasteiger partial charge in [0.05, 0.1) is 12.1 Å². The van der Waals surface area contributed by atoms with Gasteiger partial charge in [-0.15, -0.1) is 0 Å². The van der Waals surface area contributed by atoms with Crippen molar-refractivity contribution in [3.8, 4) is 0 Å². The molecule has 1 aliphatic heterocycles. The average Bonchev–Trinajstić information content (AvgIpc) is 2.32. The third-order valence-electron chi connectivity index (χ3n) is 3.95. The number of hydrogen-bond donors (Lipinski definition) is 1. The van der Waals surface area contributed by atoms with Crippen LogP contribution in [0.5, 0.6) is 0 Å². The molecule has 3 atom stereocenters. The van der Waals surface area contributed by atoms with Crippen molar-refractivity contribution in [2.75, 3.05) is 13.2 Å². The van der Waals surface area contributed by atoms with Crippen LogP contribution in [0.1, 0.15) is 40.5 Å². The summed E-state index contributed by atoms with van der Waals surface area (Å²) in [4.78, 5) is 12.6. The van der Waals surface area contributed by atoms with Gasteiger partial charge in [-0.05, 0) is 17.8 Å². The van der Waals surface area contributed by atoms with E-state index in [9.17, 15) is 23.1 Å². The number of likely N-dealkylation sites (tertiary alicyclic amines) is 1. The zero-order chi connectivity index (χ0) is 16.4. The van der Waals surface area contributed by atoms with Crippen molar-refractivity contribution in [2.24, 2.45) is 11.3 Å². The second-order valence-electron chi connectivity index (χ2n) is 6.63. The van der Waals surface area contributed by atoms with E-state index in [-0.39, 0.29) is 5.92 Å². The number of piperidine rings is 1. The molecule has 1 aliphatic rings. The van der Waals surface area contributed by atoms with E-state index >= 15 is 0 Å². The van der Waals surface area contributed by atoms with E-state index in [1.165, 1.54) is 4.90 Å². The molecule has 0 aromatic heterocycles. The van der Waals surface area contributed by atoms with Crippen LogP contribution >= 0.6 is 0 Å². The Morgan fingerprint density at radius 3 is 2.29 bits per heavy atom. The molecule has 4 nitrogen and oxygen atoms in total. The smallest absolute Gasteiger partial charge is 0.411 e. The van der Waals surface area contributed by atoms with Gasteiger partial charge in [0.15, 0.2) is 0 Å². The number of ether oxygens (including phenoxy) is 1. The van der Waals surface area contributed by atoms with Crippen LogP contribution in [-0.4, -0.2) is 47.6 Å². The first-order chi connectivity index (χ1) is 9.47. The molecule has 0 bridgehead atoms. The summed E-state index contributed by atoms with van der Waals surface area (Å²) in [5, 5.41) is 9.32. The van der Waals surface area contributed by atoms with Crippen LogP contribution in [0.4, 0.5) is 18.0 Å². The Hall–Kier alpha value is -0.980. The first-order valence-electron chi connectivity index (χ1n) is 7.15. The minimum atomic E-state index is -4.41.